The molecule has 1 atom stereocenters. The van der Waals surface area contributed by atoms with Gasteiger partial charge in [0.15, 0.2) is 6.10 Å². The summed E-state index contributed by atoms with van der Waals surface area (Å²) in [7, 11) is 1.54. The molecule has 8 heteroatoms. The Kier molecular flexibility index (Phi) is 6.51. The smallest absolute Gasteiger partial charge is 0.265 e. The number of ether oxygens (including phenoxy) is 2. The minimum absolute atomic E-state index is 0.0125. The molecule has 0 spiro atoms. The Morgan fingerprint density at radius 1 is 1.16 bits per heavy atom. The van der Waals surface area contributed by atoms with Crippen LogP contribution in [0.1, 0.15) is 19.3 Å². The number of nitrogens with zero attached hydrogens (tertiary/aromatic N) is 2. The fraction of sp³-hybridized carbons (Fsp3) is 0.391. The van der Waals surface area contributed by atoms with Crippen molar-refractivity contribution in [1.82, 2.24) is 4.90 Å². The molecule has 1 N–H and O–H groups in total. The van der Waals surface area contributed by atoms with Gasteiger partial charge in [-0.15, -0.1) is 0 Å². The Morgan fingerprint density at radius 3 is 2.68 bits per heavy atom. The van der Waals surface area contributed by atoms with Crippen molar-refractivity contribution in [2.24, 2.45) is 0 Å². The summed E-state index contributed by atoms with van der Waals surface area (Å²) in [4.78, 5) is 29.6. The maximum Gasteiger partial charge on any atom is 0.265 e. The minimum atomic E-state index is -0.628. The van der Waals surface area contributed by atoms with Crippen LogP contribution in [0.3, 0.4) is 0 Å². The standard InChI is InChI=1S/C23H26ClN3O4/c1-30-19-10-9-16(13-17(19)24)25-22(28)15-27-14-21(23(29)26-11-5-2-6-12-26)31-20-8-4-3-7-18(20)27/h3-4,7-10,13,21H,2,5-6,11-12,14-15H2,1H3,(H,25,28). The summed E-state index contributed by atoms with van der Waals surface area (Å²) in [5, 5.41) is 3.28. The monoisotopic (exact) mass is 443 g/mol. The van der Waals surface area contributed by atoms with Gasteiger partial charge in [0.2, 0.25) is 5.91 Å². The first kappa shape index (κ1) is 21.3. The van der Waals surface area contributed by atoms with Crippen LogP contribution in [-0.2, 0) is 9.59 Å². The number of amides is 2. The molecule has 0 aliphatic carbocycles. The van der Waals surface area contributed by atoms with Crippen LogP contribution < -0.4 is 19.7 Å². The number of carbonyl (C=O) groups is 2. The van der Waals surface area contributed by atoms with Crippen LogP contribution in [0.25, 0.3) is 0 Å². The highest BCUT2D eigenvalue weighted by molar-refractivity contribution is 6.32. The fourth-order valence-corrected chi connectivity index (χ4v) is 4.28. The number of anilines is 2. The third kappa shape index (κ3) is 4.88. The lowest BCUT2D eigenvalue weighted by molar-refractivity contribution is -0.139. The Morgan fingerprint density at radius 2 is 1.94 bits per heavy atom. The number of likely N-dealkylation sites (tertiary alicyclic amines) is 1. The van der Waals surface area contributed by atoms with Crippen molar-refractivity contribution >= 4 is 34.8 Å². The highest BCUT2D eigenvalue weighted by Gasteiger charge is 2.34. The van der Waals surface area contributed by atoms with Crippen molar-refractivity contribution < 1.29 is 19.1 Å². The molecule has 0 aromatic heterocycles. The second kappa shape index (κ2) is 9.47. The number of rotatable bonds is 5. The van der Waals surface area contributed by atoms with Gasteiger partial charge in [0, 0.05) is 18.8 Å². The van der Waals surface area contributed by atoms with Crippen molar-refractivity contribution in [3.63, 3.8) is 0 Å². The zero-order valence-corrected chi connectivity index (χ0v) is 18.2. The average Bonchev–Trinajstić information content (AvgIpc) is 2.79. The van der Waals surface area contributed by atoms with E-state index in [1.807, 2.05) is 34.1 Å². The van der Waals surface area contributed by atoms with E-state index >= 15 is 0 Å². The Labute approximate surface area is 186 Å². The molecular weight excluding hydrogens is 418 g/mol. The molecule has 2 aliphatic rings. The lowest BCUT2D eigenvalue weighted by atomic mass is 10.1. The molecule has 164 valence electrons. The van der Waals surface area contributed by atoms with Gasteiger partial charge in [0.1, 0.15) is 11.5 Å². The van der Waals surface area contributed by atoms with Crippen LogP contribution in [0.4, 0.5) is 11.4 Å². The molecular formula is C23H26ClN3O4. The van der Waals surface area contributed by atoms with Crippen LogP contribution in [-0.4, -0.2) is 56.1 Å². The van der Waals surface area contributed by atoms with E-state index in [0.717, 1.165) is 38.0 Å². The van der Waals surface area contributed by atoms with E-state index in [1.54, 1.807) is 18.2 Å². The number of nitrogens with one attached hydrogen (secondary N) is 1. The summed E-state index contributed by atoms with van der Waals surface area (Å²) in [6.45, 7) is 1.94. The van der Waals surface area contributed by atoms with Gasteiger partial charge in [-0.05, 0) is 49.6 Å². The van der Waals surface area contributed by atoms with Gasteiger partial charge in [0.05, 0.1) is 30.9 Å². The quantitative estimate of drug-likeness (QED) is 0.765. The third-order valence-electron chi connectivity index (χ3n) is 5.57. The van der Waals surface area contributed by atoms with Crippen LogP contribution in [0.5, 0.6) is 11.5 Å². The Balaban J connectivity index is 1.47. The maximum absolute atomic E-state index is 13.0. The van der Waals surface area contributed by atoms with Crippen LogP contribution >= 0.6 is 11.6 Å². The SMILES string of the molecule is COc1ccc(NC(=O)CN2CC(C(=O)N3CCCCC3)Oc3ccccc32)cc1Cl. The lowest BCUT2D eigenvalue weighted by Crippen LogP contribution is -2.52. The van der Waals surface area contributed by atoms with Crippen molar-refractivity contribution in [1.29, 1.82) is 0 Å². The summed E-state index contributed by atoms with van der Waals surface area (Å²) in [6, 6.07) is 12.6. The molecule has 0 radical (unpaired) electrons. The molecule has 2 amide bonds. The van der Waals surface area contributed by atoms with E-state index < -0.39 is 6.10 Å². The molecule has 0 bridgehead atoms. The third-order valence-corrected chi connectivity index (χ3v) is 5.87. The van der Waals surface area contributed by atoms with Crippen molar-refractivity contribution in [3.05, 3.63) is 47.5 Å². The van der Waals surface area contributed by atoms with E-state index in [1.165, 1.54) is 7.11 Å². The molecule has 0 saturated carbocycles. The number of halogens is 1. The normalized spacial score (nSPS) is 18.1. The molecule has 7 nitrogen and oxygen atoms in total. The minimum Gasteiger partial charge on any atom is -0.495 e. The lowest BCUT2D eigenvalue weighted by Gasteiger charge is -2.38. The zero-order chi connectivity index (χ0) is 21.8. The summed E-state index contributed by atoms with van der Waals surface area (Å²) >= 11 is 6.15. The molecule has 2 aromatic carbocycles. The van der Waals surface area contributed by atoms with Gasteiger partial charge in [0.25, 0.3) is 5.91 Å². The number of hydrogen-bond acceptors (Lipinski definition) is 5. The molecule has 2 aromatic rings. The van der Waals surface area contributed by atoms with Crippen LogP contribution in [0.15, 0.2) is 42.5 Å². The largest absolute Gasteiger partial charge is 0.495 e. The van der Waals surface area contributed by atoms with E-state index in [-0.39, 0.29) is 18.4 Å². The van der Waals surface area contributed by atoms with E-state index in [4.69, 9.17) is 21.1 Å². The Hall–Kier alpha value is -2.93. The molecule has 2 aliphatic heterocycles. The summed E-state index contributed by atoms with van der Waals surface area (Å²) in [5.41, 5.74) is 1.38. The predicted molar refractivity (Wildman–Crippen MR) is 120 cm³/mol. The second-order valence-electron chi connectivity index (χ2n) is 7.74. The van der Waals surface area contributed by atoms with E-state index in [0.29, 0.717) is 28.8 Å². The molecule has 31 heavy (non-hydrogen) atoms. The summed E-state index contributed by atoms with van der Waals surface area (Å²) < 4.78 is 11.2. The topological polar surface area (TPSA) is 71.1 Å². The molecule has 2 heterocycles. The van der Waals surface area contributed by atoms with Gasteiger partial charge < -0.3 is 24.6 Å². The highest BCUT2D eigenvalue weighted by atomic mass is 35.5. The van der Waals surface area contributed by atoms with Gasteiger partial charge >= 0.3 is 0 Å². The number of methoxy groups -OCH3 is 1. The first-order valence-electron chi connectivity index (χ1n) is 10.5. The van der Waals surface area contributed by atoms with Crippen molar-refractivity contribution in [2.45, 2.75) is 25.4 Å². The Bertz CT molecular complexity index is 962. The van der Waals surface area contributed by atoms with Crippen molar-refractivity contribution in [3.8, 4) is 11.5 Å². The zero-order valence-electron chi connectivity index (χ0n) is 17.5. The number of benzene rings is 2. The van der Waals surface area contributed by atoms with Crippen molar-refractivity contribution in [2.75, 3.05) is 43.5 Å². The number of para-hydroxylation sites is 2. The fourth-order valence-electron chi connectivity index (χ4n) is 4.02. The van der Waals surface area contributed by atoms with E-state index in [9.17, 15) is 9.59 Å². The predicted octanol–water partition coefficient (Wildman–Crippen LogP) is 3.57. The first-order chi connectivity index (χ1) is 15.0. The highest BCUT2D eigenvalue weighted by Crippen LogP contribution is 2.34. The second-order valence-corrected chi connectivity index (χ2v) is 8.15. The number of piperidine rings is 1. The van der Waals surface area contributed by atoms with Crippen LogP contribution in [0.2, 0.25) is 5.02 Å². The van der Waals surface area contributed by atoms with Gasteiger partial charge in [-0.1, -0.05) is 23.7 Å². The molecule has 1 saturated heterocycles. The average molecular weight is 444 g/mol. The van der Waals surface area contributed by atoms with Crippen LogP contribution in [0, 0.1) is 0 Å². The number of fused-ring (bicyclic) bond motifs is 1. The van der Waals surface area contributed by atoms with Gasteiger partial charge in [-0.2, -0.15) is 0 Å². The number of carbonyl (C=O) groups excluding carboxylic acids is 2. The van der Waals surface area contributed by atoms with Gasteiger partial charge in [-0.25, -0.2) is 0 Å². The number of hydrogen-bond donors (Lipinski definition) is 1. The summed E-state index contributed by atoms with van der Waals surface area (Å²) in [6.07, 6.45) is 2.56. The summed E-state index contributed by atoms with van der Waals surface area (Å²) in [5.74, 6) is 0.939. The van der Waals surface area contributed by atoms with E-state index in [2.05, 4.69) is 5.32 Å². The maximum atomic E-state index is 13.0. The molecule has 4 rings (SSSR count). The van der Waals surface area contributed by atoms with Gasteiger partial charge in [-0.3, -0.25) is 9.59 Å². The molecule has 1 unspecified atom stereocenters. The molecule has 1 fully saturated rings. The first-order valence-corrected chi connectivity index (χ1v) is 10.9.